The molecule has 0 radical (unpaired) electrons. The zero-order valence-corrected chi connectivity index (χ0v) is 17.6. The summed E-state index contributed by atoms with van der Waals surface area (Å²) in [7, 11) is 0. The highest BCUT2D eigenvalue weighted by Gasteiger charge is 2.22. The Morgan fingerprint density at radius 2 is 2.17 bits per heavy atom. The number of phenolic OH excluding ortho intramolecular Hbond substituents is 1. The van der Waals surface area contributed by atoms with Gasteiger partial charge >= 0.3 is 11.6 Å². The van der Waals surface area contributed by atoms with E-state index >= 15 is 0 Å². The second kappa shape index (κ2) is 9.44. The number of esters is 1. The van der Waals surface area contributed by atoms with Gasteiger partial charge in [0.2, 0.25) is 0 Å². The van der Waals surface area contributed by atoms with Gasteiger partial charge < -0.3 is 14.3 Å². The van der Waals surface area contributed by atoms with E-state index in [1.54, 1.807) is 0 Å². The molecule has 1 unspecified atom stereocenters. The summed E-state index contributed by atoms with van der Waals surface area (Å²) in [5.74, 6) is 0.448. The lowest BCUT2D eigenvalue weighted by Crippen LogP contribution is -2.33. The maximum atomic E-state index is 12.0. The van der Waals surface area contributed by atoms with Crippen LogP contribution in [0.2, 0.25) is 0 Å². The molecule has 1 N–H and O–H groups in total. The number of piperidine rings is 1. The fourth-order valence-corrected chi connectivity index (χ4v) is 4.08. The van der Waals surface area contributed by atoms with Gasteiger partial charge in [0.05, 0.1) is 12.2 Å². The number of hydrogen-bond donors (Lipinski definition) is 1. The van der Waals surface area contributed by atoms with E-state index < -0.39 is 5.63 Å². The van der Waals surface area contributed by atoms with E-state index in [4.69, 9.17) is 9.15 Å². The Balaban J connectivity index is 1.96. The number of hydrogen-bond acceptors (Lipinski definition) is 6. The van der Waals surface area contributed by atoms with Crippen molar-refractivity contribution < 1.29 is 19.1 Å². The van der Waals surface area contributed by atoms with Crippen LogP contribution in [0.5, 0.6) is 5.75 Å². The predicted molar refractivity (Wildman–Crippen MR) is 112 cm³/mol. The van der Waals surface area contributed by atoms with E-state index in [9.17, 15) is 14.7 Å². The van der Waals surface area contributed by atoms with Gasteiger partial charge in [0.15, 0.2) is 0 Å². The van der Waals surface area contributed by atoms with Crippen LogP contribution in [0.25, 0.3) is 11.0 Å². The molecule has 1 aromatic carbocycles. The molecule has 1 aliphatic rings. The van der Waals surface area contributed by atoms with E-state index in [1.165, 1.54) is 12.5 Å². The maximum absolute atomic E-state index is 12.0. The Morgan fingerprint density at radius 3 is 2.90 bits per heavy atom. The van der Waals surface area contributed by atoms with Crippen LogP contribution < -0.4 is 5.63 Å². The molecule has 0 spiro atoms. The highest BCUT2D eigenvalue weighted by atomic mass is 16.5. The predicted octanol–water partition coefficient (Wildman–Crippen LogP) is 3.92. The van der Waals surface area contributed by atoms with Crippen LogP contribution >= 0.6 is 0 Å². The molecule has 6 heteroatoms. The molecule has 0 amide bonds. The first-order valence-electron chi connectivity index (χ1n) is 10.5. The minimum Gasteiger partial charge on any atom is -0.507 e. The smallest absolute Gasteiger partial charge is 0.336 e. The molecule has 1 aliphatic heterocycles. The second-order valence-corrected chi connectivity index (χ2v) is 8.19. The van der Waals surface area contributed by atoms with Gasteiger partial charge in [-0.05, 0) is 62.3 Å². The van der Waals surface area contributed by atoms with Crippen LogP contribution in [0.15, 0.2) is 21.3 Å². The number of ether oxygens (including phenoxy) is 1. The number of aromatic hydroxyl groups is 1. The Labute approximate surface area is 171 Å². The fraction of sp³-hybridized carbons (Fsp3) is 0.565. The van der Waals surface area contributed by atoms with E-state index in [0.717, 1.165) is 36.9 Å². The molecule has 0 saturated carbocycles. The van der Waals surface area contributed by atoms with Crippen LogP contribution in [0.3, 0.4) is 0 Å². The van der Waals surface area contributed by atoms with E-state index in [2.05, 4.69) is 11.8 Å². The average molecular weight is 402 g/mol. The highest BCUT2D eigenvalue weighted by molar-refractivity contribution is 5.86. The van der Waals surface area contributed by atoms with Crippen molar-refractivity contribution in [1.29, 1.82) is 0 Å². The Kier molecular flexibility index (Phi) is 6.96. The van der Waals surface area contributed by atoms with E-state index in [0.29, 0.717) is 42.2 Å². The van der Waals surface area contributed by atoms with Crippen molar-refractivity contribution in [3.8, 4) is 5.75 Å². The average Bonchev–Trinajstić information content (AvgIpc) is 2.67. The molecule has 3 rings (SSSR count). The molecule has 0 aliphatic carbocycles. The lowest BCUT2D eigenvalue weighted by Gasteiger charge is -2.31. The van der Waals surface area contributed by atoms with Crippen molar-refractivity contribution in [1.82, 2.24) is 4.90 Å². The molecule has 6 nitrogen and oxygen atoms in total. The Hall–Kier alpha value is -2.34. The minimum absolute atomic E-state index is 0.118. The number of likely N-dealkylation sites (tertiary alicyclic amines) is 1. The van der Waals surface area contributed by atoms with Crippen LogP contribution in [0.1, 0.15) is 56.2 Å². The van der Waals surface area contributed by atoms with Crippen molar-refractivity contribution in [3.05, 3.63) is 39.2 Å². The molecule has 29 heavy (non-hydrogen) atoms. The molecular weight excluding hydrogens is 370 g/mol. The Bertz CT molecular complexity index is 933. The molecular formula is C23H31NO5. The zero-order valence-electron chi connectivity index (χ0n) is 17.6. The quantitative estimate of drug-likeness (QED) is 0.559. The summed E-state index contributed by atoms with van der Waals surface area (Å²) in [6.45, 7) is 8.87. The highest BCUT2D eigenvalue weighted by Crippen LogP contribution is 2.34. The van der Waals surface area contributed by atoms with Crippen LogP contribution in [0, 0.1) is 12.8 Å². The standard InChI is InChI=1S/C23H31NO5/c1-4-10-28-20(25)8-7-17-12-18-16(3)11-21(26)29-23(18)19(22(17)27)14-24-9-5-6-15(2)13-24/h11-12,15,27H,4-10,13-14H2,1-3H3. The van der Waals surface area contributed by atoms with Crippen LogP contribution in [-0.4, -0.2) is 35.7 Å². The number of nitrogens with zero attached hydrogens (tertiary/aromatic N) is 1. The van der Waals surface area contributed by atoms with E-state index in [-0.39, 0.29) is 18.1 Å². The van der Waals surface area contributed by atoms with Gasteiger partial charge in [-0.25, -0.2) is 4.79 Å². The van der Waals surface area contributed by atoms with Crippen LogP contribution in [0.4, 0.5) is 0 Å². The molecule has 2 aromatic rings. The van der Waals surface area contributed by atoms with Crippen molar-refractivity contribution in [2.45, 2.75) is 59.4 Å². The van der Waals surface area contributed by atoms with Gasteiger partial charge in [-0.15, -0.1) is 0 Å². The number of rotatable bonds is 7. The number of carbonyl (C=O) groups excluding carboxylic acids is 1. The maximum Gasteiger partial charge on any atom is 0.336 e. The summed E-state index contributed by atoms with van der Waals surface area (Å²) in [5.41, 5.74) is 2.15. The molecule has 1 aromatic heterocycles. The first-order valence-corrected chi connectivity index (χ1v) is 10.5. The summed E-state index contributed by atoms with van der Waals surface area (Å²) >= 11 is 0. The lowest BCUT2D eigenvalue weighted by molar-refractivity contribution is -0.143. The number of aryl methyl sites for hydroxylation is 2. The summed E-state index contributed by atoms with van der Waals surface area (Å²) in [6, 6.07) is 3.30. The normalized spacial score (nSPS) is 17.6. The molecule has 1 saturated heterocycles. The third kappa shape index (κ3) is 5.18. The number of carbonyl (C=O) groups is 1. The van der Waals surface area contributed by atoms with Crippen molar-refractivity contribution in [2.24, 2.45) is 5.92 Å². The number of benzene rings is 1. The summed E-state index contributed by atoms with van der Waals surface area (Å²) in [4.78, 5) is 26.2. The monoisotopic (exact) mass is 401 g/mol. The number of fused-ring (bicyclic) bond motifs is 1. The largest absolute Gasteiger partial charge is 0.507 e. The van der Waals surface area contributed by atoms with Gasteiger partial charge in [0.1, 0.15) is 11.3 Å². The zero-order chi connectivity index (χ0) is 21.0. The fourth-order valence-electron chi connectivity index (χ4n) is 4.08. The second-order valence-electron chi connectivity index (χ2n) is 8.19. The molecule has 1 atom stereocenters. The molecule has 158 valence electrons. The SMILES string of the molecule is CCCOC(=O)CCc1cc2c(C)cc(=O)oc2c(CN2CCCC(C)C2)c1O. The summed E-state index contributed by atoms with van der Waals surface area (Å²) in [5, 5.41) is 11.8. The van der Waals surface area contributed by atoms with Crippen molar-refractivity contribution in [2.75, 3.05) is 19.7 Å². The molecule has 1 fully saturated rings. The van der Waals surface area contributed by atoms with Crippen LogP contribution in [-0.2, 0) is 22.5 Å². The molecule has 2 heterocycles. The van der Waals surface area contributed by atoms with Gasteiger partial charge in [-0.3, -0.25) is 9.69 Å². The van der Waals surface area contributed by atoms with E-state index in [1.807, 2.05) is 19.9 Å². The van der Waals surface area contributed by atoms with Crippen molar-refractivity contribution in [3.63, 3.8) is 0 Å². The third-order valence-corrected chi connectivity index (χ3v) is 5.58. The summed E-state index contributed by atoms with van der Waals surface area (Å²) < 4.78 is 10.7. The van der Waals surface area contributed by atoms with Gasteiger partial charge in [-0.1, -0.05) is 13.8 Å². The van der Waals surface area contributed by atoms with Gasteiger partial charge in [0, 0.05) is 31.0 Å². The molecule has 0 bridgehead atoms. The van der Waals surface area contributed by atoms with Gasteiger partial charge in [-0.2, -0.15) is 0 Å². The first-order chi connectivity index (χ1) is 13.9. The lowest BCUT2D eigenvalue weighted by atomic mass is 9.96. The van der Waals surface area contributed by atoms with Crippen molar-refractivity contribution >= 4 is 16.9 Å². The summed E-state index contributed by atoms with van der Waals surface area (Å²) in [6.07, 6.45) is 3.69. The number of phenols is 1. The first kappa shape index (κ1) is 21.4. The topological polar surface area (TPSA) is 80.0 Å². The third-order valence-electron chi connectivity index (χ3n) is 5.58. The Morgan fingerprint density at radius 1 is 1.38 bits per heavy atom. The minimum atomic E-state index is -0.418. The van der Waals surface area contributed by atoms with Gasteiger partial charge in [0.25, 0.3) is 0 Å².